The Morgan fingerprint density at radius 2 is 2.05 bits per heavy atom. The summed E-state index contributed by atoms with van der Waals surface area (Å²) in [4.78, 5) is 36.7. The van der Waals surface area contributed by atoms with Gasteiger partial charge in [0, 0.05) is 25.6 Å². The Kier molecular flexibility index (Phi) is 4.30. The van der Waals surface area contributed by atoms with Gasteiger partial charge in [0.2, 0.25) is 11.8 Å². The number of hydrogen-bond acceptors (Lipinski definition) is 3. The molecule has 0 aromatic heterocycles. The summed E-state index contributed by atoms with van der Waals surface area (Å²) in [6, 6.07) is 0.336. The molecule has 20 heavy (non-hydrogen) atoms. The smallest absolute Gasteiger partial charge is 0.308 e. The van der Waals surface area contributed by atoms with Gasteiger partial charge in [0.05, 0.1) is 11.8 Å². The van der Waals surface area contributed by atoms with Crippen LogP contribution in [0.2, 0.25) is 0 Å². The number of nitrogens with zero attached hydrogens (tertiary/aromatic N) is 1. The molecule has 2 N–H and O–H groups in total. The summed E-state index contributed by atoms with van der Waals surface area (Å²) in [7, 11) is 0. The molecule has 0 aromatic carbocycles. The number of carbonyl (C=O) groups excluding carboxylic acids is 2. The Labute approximate surface area is 118 Å². The molecule has 1 aliphatic carbocycles. The average molecular weight is 282 g/mol. The molecule has 1 aliphatic heterocycles. The highest BCUT2D eigenvalue weighted by atomic mass is 16.4. The summed E-state index contributed by atoms with van der Waals surface area (Å²) in [6.07, 6.45) is 2.32. The number of carboxylic acid groups (broad SMARTS) is 1. The minimum Gasteiger partial charge on any atom is -0.481 e. The molecule has 2 aliphatic rings. The number of rotatable bonds is 6. The zero-order valence-corrected chi connectivity index (χ0v) is 12.0. The number of hydrogen-bond donors (Lipinski definition) is 2. The van der Waals surface area contributed by atoms with Gasteiger partial charge in [-0.25, -0.2) is 0 Å². The van der Waals surface area contributed by atoms with Crippen molar-refractivity contribution in [2.45, 2.75) is 39.2 Å². The van der Waals surface area contributed by atoms with Gasteiger partial charge in [-0.15, -0.1) is 0 Å². The van der Waals surface area contributed by atoms with Gasteiger partial charge in [-0.05, 0) is 18.8 Å². The van der Waals surface area contributed by atoms with Crippen LogP contribution < -0.4 is 5.32 Å². The molecule has 112 valence electrons. The van der Waals surface area contributed by atoms with Crippen LogP contribution in [0.3, 0.4) is 0 Å². The van der Waals surface area contributed by atoms with Gasteiger partial charge >= 0.3 is 5.97 Å². The third-order valence-corrected chi connectivity index (χ3v) is 4.14. The fourth-order valence-electron chi connectivity index (χ4n) is 2.61. The van der Waals surface area contributed by atoms with Crippen LogP contribution in [-0.2, 0) is 14.4 Å². The van der Waals surface area contributed by atoms with Crippen LogP contribution in [0.4, 0.5) is 0 Å². The number of nitrogens with one attached hydrogen (secondary N) is 1. The lowest BCUT2D eigenvalue weighted by Crippen LogP contribution is -2.39. The van der Waals surface area contributed by atoms with E-state index in [0.717, 1.165) is 12.8 Å². The fourth-order valence-corrected chi connectivity index (χ4v) is 2.61. The van der Waals surface area contributed by atoms with Crippen molar-refractivity contribution >= 4 is 17.8 Å². The Morgan fingerprint density at radius 3 is 2.55 bits per heavy atom. The minimum absolute atomic E-state index is 0.0408. The van der Waals surface area contributed by atoms with Crippen LogP contribution in [0.15, 0.2) is 0 Å². The molecule has 2 unspecified atom stereocenters. The number of aliphatic carboxylic acids is 1. The maximum Gasteiger partial charge on any atom is 0.308 e. The molecule has 1 saturated carbocycles. The average Bonchev–Trinajstić information content (AvgIpc) is 3.11. The van der Waals surface area contributed by atoms with E-state index in [-0.39, 0.29) is 36.6 Å². The lowest BCUT2D eigenvalue weighted by atomic mass is 9.95. The first-order chi connectivity index (χ1) is 9.40. The van der Waals surface area contributed by atoms with Gasteiger partial charge in [-0.3, -0.25) is 14.4 Å². The molecule has 0 aromatic rings. The standard InChI is InChI=1S/C14H22N2O4/c1-8(2)11(14(19)20)6-15-13(18)9-5-12(17)16(7-9)10-3-4-10/h8-11H,3-7H2,1-2H3,(H,15,18)(H,19,20). The van der Waals surface area contributed by atoms with Crippen molar-refractivity contribution in [1.82, 2.24) is 10.2 Å². The molecule has 0 radical (unpaired) electrons. The highest BCUT2D eigenvalue weighted by molar-refractivity contribution is 5.89. The van der Waals surface area contributed by atoms with Crippen molar-refractivity contribution in [2.24, 2.45) is 17.8 Å². The second kappa shape index (κ2) is 5.81. The van der Waals surface area contributed by atoms with Crippen molar-refractivity contribution in [1.29, 1.82) is 0 Å². The first-order valence-corrected chi connectivity index (χ1v) is 7.20. The molecule has 6 heteroatoms. The van der Waals surface area contributed by atoms with Crippen LogP contribution >= 0.6 is 0 Å². The topological polar surface area (TPSA) is 86.7 Å². The maximum atomic E-state index is 12.0. The van der Waals surface area contributed by atoms with Crippen LogP contribution in [0.5, 0.6) is 0 Å². The summed E-state index contributed by atoms with van der Waals surface area (Å²) >= 11 is 0. The molecule has 2 atom stereocenters. The van der Waals surface area contributed by atoms with Crippen LogP contribution in [-0.4, -0.2) is 46.9 Å². The molecular weight excluding hydrogens is 260 g/mol. The largest absolute Gasteiger partial charge is 0.481 e. The lowest BCUT2D eigenvalue weighted by molar-refractivity contribution is -0.143. The molecule has 0 bridgehead atoms. The fraction of sp³-hybridized carbons (Fsp3) is 0.786. The SMILES string of the molecule is CC(C)C(CNC(=O)C1CC(=O)N(C2CC2)C1)C(=O)O. The maximum absolute atomic E-state index is 12.0. The van der Waals surface area contributed by atoms with E-state index in [0.29, 0.717) is 12.6 Å². The first-order valence-electron chi connectivity index (χ1n) is 7.20. The first kappa shape index (κ1) is 14.8. The van der Waals surface area contributed by atoms with Crippen molar-refractivity contribution in [3.05, 3.63) is 0 Å². The summed E-state index contributed by atoms with van der Waals surface area (Å²) in [5.41, 5.74) is 0. The predicted molar refractivity (Wildman–Crippen MR) is 71.8 cm³/mol. The van der Waals surface area contributed by atoms with Crippen molar-refractivity contribution in [2.75, 3.05) is 13.1 Å². The molecule has 2 rings (SSSR count). The highest BCUT2D eigenvalue weighted by Crippen LogP contribution is 2.32. The normalized spacial score (nSPS) is 24.1. The van der Waals surface area contributed by atoms with Gasteiger partial charge in [0.1, 0.15) is 0 Å². The van der Waals surface area contributed by atoms with Gasteiger partial charge in [-0.2, -0.15) is 0 Å². The monoisotopic (exact) mass is 282 g/mol. The Hall–Kier alpha value is -1.59. The third kappa shape index (κ3) is 3.29. The molecule has 1 saturated heterocycles. The Balaban J connectivity index is 1.83. The van der Waals surface area contributed by atoms with E-state index in [1.165, 1.54) is 0 Å². The lowest BCUT2D eigenvalue weighted by Gasteiger charge is -2.18. The van der Waals surface area contributed by atoms with Gasteiger partial charge in [0.25, 0.3) is 0 Å². The zero-order chi connectivity index (χ0) is 14.9. The third-order valence-electron chi connectivity index (χ3n) is 4.14. The van der Waals surface area contributed by atoms with E-state index in [4.69, 9.17) is 5.11 Å². The number of carboxylic acids is 1. The molecule has 1 heterocycles. The van der Waals surface area contributed by atoms with Crippen molar-refractivity contribution in [3.63, 3.8) is 0 Å². The number of amides is 2. The van der Waals surface area contributed by atoms with E-state index in [9.17, 15) is 14.4 Å². The van der Waals surface area contributed by atoms with Gasteiger partial charge < -0.3 is 15.3 Å². The van der Waals surface area contributed by atoms with E-state index < -0.39 is 11.9 Å². The molecule has 0 spiro atoms. The number of likely N-dealkylation sites (tertiary alicyclic amines) is 1. The second-order valence-corrected chi connectivity index (χ2v) is 6.11. The summed E-state index contributed by atoms with van der Waals surface area (Å²) in [5, 5.41) is 11.8. The minimum atomic E-state index is -0.901. The summed E-state index contributed by atoms with van der Waals surface area (Å²) in [6.45, 7) is 4.24. The van der Waals surface area contributed by atoms with E-state index >= 15 is 0 Å². The second-order valence-electron chi connectivity index (χ2n) is 6.11. The van der Waals surface area contributed by atoms with Crippen LogP contribution in [0, 0.1) is 17.8 Å². The molecular formula is C14H22N2O4. The van der Waals surface area contributed by atoms with E-state index in [1.807, 2.05) is 13.8 Å². The zero-order valence-electron chi connectivity index (χ0n) is 12.0. The molecule has 6 nitrogen and oxygen atoms in total. The van der Waals surface area contributed by atoms with E-state index in [2.05, 4.69) is 5.32 Å². The summed E-state index contributed by atoms with van der Waals surface area (Å²) in [5.74, 6) is -2.01. The predicted octanol–water partition coefficient (Wildman–Crippen LogP) is 0.470. The highest BCUT2D eigenvalue weighted by Gasteiger charge is 2.41. The van der Waals surface area contributed by atoms with Crippen molar-refractivity contribution < 1.29 is 19.5 Å². The van der Waals surface area contributed by atoms with E-state index in [1.54, 1.807) is 4.90 Å². The van der Waals surface area contributed by atoms with Crippen molar-refractivity contribution in [3.8, 4) is 0 Å². The summed E-state index contributed by atoms with van der Waals surface area (Å²) < 4.78 is 0. The van der Waals surface area contributed by atoms with Crippen LogP contribution in [0.1, 0.15) is 33.1 Å². The Morgan fingerprint density at radius 1 is 1.40 bits per heavy atom. The van der Waals surface area contributed by atoms with Crippen LogP contribution in [0.25, 0.3) is 0 Å². The van der Waals surface area contributed by atoms with Gasteiger partial charge in [0.15, 0.2) is 0 Å². The van der Waals surface area contributed by atoms with Gasteiger partial charge in [-0.1, -0.05) is 13.8 Å². The molecule has 2 fully saturated rings. The quantitative estimate of drug-likeness (QED) is 0.741. The Bertz CT molecular complexity index is 417. The number of carbonyl (C=O) groups is 3. The molecule has 2 amide bonds.